The van der Waals surface area contributed by atoms with Gasteiger partial charge >= 0.3 is 12.2 Å². The van der Waals surface area contributed by atoms with Crippen LogP contribution in [-0.2, 0) is 4.74 Å². The molecule has 0 unspecified atom stereocenters. The second-order valence-electron chi connectivity index (χ2n) is 5.90. The molecule has 0 saturated heterocycles. The molecule has 0 saturated carbocycles. The molecule has 0 fully saturated rings. The molecule has 0 atom stereocenters. The summed E-state index contributed by atoms with van der Waals surface area (Å²) in [4.78, 5) is 25.9. The average Bonchev–Trinajstić information content (AvgIpc) is 2.64. The summed E-state index contributed by atoms with van der Waals surface area (Å²) < 4.78 is 10.4. The molecule has 2 rings (SSSR count). The predicted molar refractivity (Wildman–Crippen MR) is 106 cm³/mol. The Morgan fingerprint density at radius 3 is 2.67 bits per heavy atom. The second kappa shape index (κ2) is 10.0. The Hall–Kier alpha value is -3.28. The number of carbonyl (C=O) groups is 2. The smallest absolute Gasteiger partial charge is 0.419 e. The van der Waals surface area contributed by atoms with E-state index < -0.39 is 12.2 Å². The molecule has 6 heteroatoms. The molecule has 27 heavy (non-hydrogen) atoms. The van der Waals surface area contributed by atoms with Gasteiger partial charge in [0, 0.05) is 24.0 Å². The lowest BCUT2D eigenvalue weighted by Crippen LogP contribution is -2.34. The van der Waals surface area contributed by atoms with E-state index in [1.54, 1.807) is 29.2 Å². The molecule has 2 aromatic carbocycles. The van der Waals surface area contributed by atoms with Gasteiger partial charge in [0.2, 0.25) is 0 Å². The maximum absolute atomic E-state index is 12.7. The standard InChI is InChI=1S/C21H24N2O4/c1-4-12-23(18-10-6-8-16(3)14-18)21(25)27-19-11-7-9-17(15-19)22-20(24)26-13-5-2/h5-11,14-15H,2,4,12-13H2,1,3H3,(H,22,24). The molecular weight excluding hydrogens is 344 g/mol. The zero-order valence-corrected chi connectivity index (χ0v) is 15.6. The van der Waals surface area contributed by atoms with E-state index in [1.807, 2.05) is 38.1 Å². The monoisotopic (exact) mass is 368 g/mol. The first-order valence-electron chi connectivity index (χ1n) is 8.74. The molecule has 0 aromatic heterocycles. The number of anilines is 2. The van der Waals surface area contributed by atoms with Gasteiger partial charge < -0.3 is 9.47 Å². The SMILES string of the molecule is C=CCOC(=O)Nc1cccc(OC(=O)N(CCC)c2cccc(C)c2)c1. The van der Waals surface area contributed by atoms with Crippen molar-refractivity contribution in [2.45, 2.75) is 20.3 Å². The first kappa shape index (κ1) is 20.0. The zero-order chi connectivity index (χ0) is 19.6. The van der Waals surface area contributed by atoms with Crippen LogP contribution in [0.4, 0.5) is 21.0 Å². The highest BCUT2D eigenvalue weighted by atomic mass is 16.6. The first-order valence-corrected chi connectivity index (χ1v) is 8.74. The number of carbonyl (C=O) groups excluding carboxylic acids is 2. The van der Waals surface area contributed by atoms with Crippen molar-refractivity contribution in [2.75, 3.05) is 23.4 Å². The van der Waals surface area contributed by atoms with Gasteiger partial charge in [-0.1, -0.05) is 37.8 Å². The molecule has 0 heterocycles. The molecular formula is C21H24N2O4. The Labute approximate surface area is 159 Å². The second-order valence-corrected chi connectivity index (χ2v) is 5.90. The minimum Gasteiger partial charge on any atom is -0.445 e. The van der Waals surface area contributed by atoms with E-state index in [-0.39, 0.29) is 6.61 Å². The first-order chi connectivity index (χ1) is 13.0. The molecule has 1 N–H and O–H groups in total. The van der Waals surface area contributed by atoms with Gasteiger partial charge in [0.15, 0.2) is 0 Å². The average molecular weight is 368 g/mol. The third-order valence-corrected chi connectivity index (χ3v) is 3.60. The van der Waals surface area contributed by atoms with Crippen LogP contribution in [0.3, 0.4) is 0 Å². The van der Waals surface area contributed by atoms with Crippen LogP contribution in [0, 0.1) is 6.92 Å². The van der Waals surface area contributed by atoms with Gasteiger partial charge in [0.05, 0.1) is 0 Å². The van der Waals surface area contributed by atoms with E-state index in [9.17, 15) is 9.59 Å². The van der Waals surface area contributed by atoms with Crippen molar-refractivity contribution in [1.29, 1.82) is 0 Å². The van der Waals surface area contributed by atoms with Crippen LogP contribution in [0.2, 0.25) is 0 Å². The van der Waals surface area contributed by atoms with Crippen LogP contribution in [0.25, 0.3) is 0 Å². The Balaban J connectivity index is 2.09. The molecule has 2 aromatic rings. The molecule has 142 valence electrons. The highest BCUT2D eigenvalue weighted by Gasteiger charge is 2.17. The third kappa shape index (κ3) is 6.18. The fraction of sp³-hybridized carbons (Fsp3) is 0.238. The van der Waals surface area contributed by atoms with Gasteiger partial charge in [-0.3, -0.25) is 10.2 Å². The fourth-order valence-corrected chi connectivity index (χ4v) is 2.43. The van der Waals surface area contributed by atoms with Crippen molar-refractivity contribution in [1.82, 2.24) is 0 Å². The van der Waals surface area contributed by atoms with Crippen molar-refractivity contribution < 1.29 is 19.1 Å². The number of hydrogen-bond acceptors (Lipinski definition) is 4. The van der Waals surface area contributed by atoms with E-state index in [0.29, 0.717) is 18.0 Å². The van der Waals surface area contributed by atoms with Crippen LogP contribution < -0.4 is 15.0 Å². The largest absolute Gasteiger partial charge is 0.445 e. The van der Waals surface area contributed by atoms with Gasteiger partial charge in [-0.25, -0.2) is 9.59 Å². The topological polar surface area (TPSA) is 67.9 Å². The van der Waals surface area contributed by atoms with Gasteiger partial charge in [-0.15, -0.1) is 0 Å². The summed E-state index contributed by atoms with van der Waals surface area (Å²) in [6.45, 7) is 8.10. The van der Waals surface area contributed by atoms with Crippen LogP contribution in [0.15, 0.2) is 61.2 Å². The van der Waals surface area contributed by atoms with Gasteiger partial charge in [0.25, 0.3) is 0 Å². The van der Waals surface area contributed by atoms with E-state index in [0.717, 1.165) is 17.7 Å². The van der Waals surface area contributed by atoms with Crippen LogP contribution in [-0.4, -0.2) is 25.3 Å². The quantitative estimate of drug-likeness (QED) is 0.687. The number of benzene rings is 2. The number of rotatable bonds is 7. The Morgan fingerprint density at radius 2 is 1.96 bits per heavy atom. The zero-order valence-electron chi connectivity index (χ0n) is 15.6. The van der Waals surface area contributed by atoms with Crippen LogP contribution in [0.1, 0.15) is 18.9 Å². The van der Waals surface area contributed by atoms with Gasteiger partial charge in [-0.05, 0) is 43.2 Å². The maximum Gasteiger partial charge on any atom is 0.419 e. The highest BCUT2D eigenvalue weighted by molar-refractivity contribution is 5.90. The molecule has 0 aliphatic heterocycles. The Bertz CT molecular complexity index is 804. The lowest BCUT2D eigenvalue weighted by molar-refractivity contribution is 0.174. The summed E-state index contributed by atoms with van der Waals surface area (Å²) in [5.74, 6) is 0.329. The van der Waals surface area contributed by atoms with E-state index >= 15 is 0 Å². The predicted octanol–water partition coefficient (Wildman–Crippen LogP) is 5.14. The maximum atomic E-state index is 12.7. The molecule has 0 spiro atoms. The summed E-state index contributed by atoms with van der Waals surface area (Å²) in [5, 5.41) is 2.57. The number of aryl methyl sites for hydroxylation is 1. The van der Waals surface area contributed by atoms with Crippen molar-refractivity contribution in [3.8, 4) is 5.75 Å². The summed E-state index contributed by atoms with van der Waals surface area (Å²) in [6.07, 6.45) is 1.19. The van der Waals surface area contributed by atoms with Crippen molar-refractivity contribution in [3.63, 3.8) is 0 Å². The lowest BCUT2D eigenvalue weighted by Gasteiger charge is -2.22. The summed E-state index contributed by atoms with van der Waals surface area (Å²) in [6, 6.07) is 14.3. The number of hydrogen-bond donors (Lipinski definition) is 1. The van der Waals surface area contributed by atoms with Crippen molar-refractivity contribution >= 4 is 23.6 Å². The number of amides is 2. The van der Waals surface area contributed by atoms with E-state index in [4.69, 9.17) is 9.47 Å². The molecule has 0 radical (unpaired) electrons. The van der Waals surface area contributed by atoms with Gasteiger partial charge in [0.1, 0.15) is 12.4 Å². The summed E-state index contributed by atoms with van der Waals surface area (Å²) in [7, 11) is 0. The molecule has 6 nitrogen and oxygen atoms in total. The summed E-state index contributed by atoms with van der Waals surface area (Å²) in [5.41, 5.74) is 2.31. The molecule has 0 bridgehead atoms. The van der Waals surface area contributed by atoms with Crippen molar-refractivity contribution in [3.05, 3.63) is 66.7 Å². The lowest BCUT2D eigenvalue weighted by atomic mass is 10.2. The van der Waals surface area contributed by atoms with Crippen LogP contribution >= 0.6 is 0 Å². The molecule has 0 aliphatic carbocycles. The summed E-state index contributed by atoms with van der Waals surface area (Å²) >= 11 is 0. The van der Waals surface area contributed by atoms with Crippen LogP contribution in [0.5, 0.6) is 5.75 Å². The third-order valence-electron chi connectivity index (χ3n) is 3.60. The van der Waals surface area contributed by atoms with Crippen molar-refractivity contribution in [2.24, 2.45) is 0 Å². The van der Waals surface area contributed by atoms with E-state index in [2.05, 4.69) is 11.9 Å². The molecule has 2 amide bonds. The Morgan fingerprint density at radius 1 is 1.19 bits per heavy atom. The normalized spacial score (nSPS) is 10.0. The minimum atomic E-state index is -0.606. The highest BCUT2D eigenvalue weighted by Crippen LogP contribution is 2.21. The number of nitrogens with zero attached hydrogens (tertiary/aromatic N) is 1. The number of ether oxygens (including phenoxy) is 2. The molecule has 0 aliphatic rings. The van der Waals surface area contributed by atoms with Gasteiger partial charge in [-0.2, -0.15) is 0 Å². The number of nitrogens with one attached hydrogen (secondary N) is 1. The fourth-order valence-electron chi connectivity index (χ4n) is 2.43. The minimum absolute atomic E-state index is 0.114. The van der Waals surface area contributed by atoms with E-state index in [1.165, 1.54) is 6.08 Å². The Kier molecular flexibility index (Phi) is 7.43.